The molecule has 15 heavy (non-hydrogen) atoms. The van der Waals surface area contributed by atoms with Crippen molar-refractivity contribution >= 4 is 11.7 Å². The number of nitrogens with zero attached hydrogens (tertiary/aromatic N) is 1. The largest absolute Gasteiger partial charge is 0.407 e. The first-order valence-electron chi connectivity index (χ1n) is 4.47. The van der Waals surface area contributed by atoms with Crippen LogP contribution < -0.4 is 4.90 Å². The maximum atomic E-state index is 10.9. The van der Waals surface area contributed by atoms with E-state index in [0.717, 1.165) is 11.8 Å². The lowest BCUT2D eigenvalue weighted by molar-refractivity contribution is -0.133. The highest BCUT2D eigenvalue weighted by atomic mass is 16.5. The van der Waals surface area contributed by atoms with Gasteiger partial charge in [-0.15, -0.1) is 0 Å². The van der Waals surface area contributed by atoms with Crippen LogP contribution in [0.2, 0.25) is 0 Å². The van der Waals surface area contributed by atoms with Gasteiger partial charge in [0.05, 0.1) is 0 Å². The Balaban J connectivity index is 2.69. The van der Waals surface area contributed by atoms with Gasteiger partial charge in [-0.25, -0.2) is 4.79 Å². The molecule has 1 aromatic rings. The maximum Gasteiger partial charge on any atom is 0.336 e. The molecule has 0 atom stereocenters. The highest BCUT2D eigenvalue weighted by molar-refractivity contribution is 5.82. The van der Waals surface area contributed by atoms with Crippen molar-refractivity contribution in [1.29, 1.82) is 0 Å². The molecule has 0 bridgehead atoms. The smallest absolute Gasteiger partial charge is 0.336 e. The Hall–Kier alpha value is -2.03. The van der Waals surface area contributed by atoms with Gasteiger partial charge in [-0.05, 0) is 18.7 Å². The van der Waals surface area contributed by atoms with E-state index in [9.17, 15) is 4.79 Å². The van der Waals surface area contributed by atoms with E-state index >= 15 is 0 Å². The highest BCUT2D eigenvalue weighted by Gasteiger charge is 2.07. The fourth-order valence-corrected chi connectivity index (χ4v) is 1.02. The number of carbonyl (C=O) groups is 1. The standard InChI is InChI=1S/C12H13NO2/c1-4-12(14)15-10(2)13(3)11-8-6-5-7-9-11/h4-9H,1-2H2,3H3. The summed E-state index contributed by atoms with van der Waals surface area (Å²) in [6.45, 7) is 6.97. The van der Waals surface area contributed by atoms with E-state index in [1.165, 1.54) is 0 Å². The van der Waals surface area contributed by atoms with Crippen LogP contribution in [0.4, 0.5) is 5.69 Å². The minimum atomic E-state index is -0.511. The molecule has 1 aromatic carbocycles. The summed E-state index contributed by atoms with van der Waals surface area (Å²) in [6, 6.07) is 9.50. The number of carbonyl (C=O) groups excluding carboxylic acids is 1. The molecule has 0 aliphatic heterocycles. The van der Waals surface area contributed by atoms with Crippen LogP contribution in [0, 0.1) is 0 Å². The van der Waals surface area contributed by atoms with E-state index < -0.39 is 5.97 Å². The Labute approximate surface area is 89.3 Å². The molecule has 0 aliphatic carbocycles. The number of esters is 1. The number of rotatable bonds is 4. The van der Waals surface area contributed by atoms with Crippen molar-refractivity contribution in [1.82, 2.24) is 0 Å². The zero-order chi connectivity index (χ0) is 11.3. The summed E-state index contributed by atoms with van der Waals surface area (Å²) in [5.41, 5.74) is 0.902. The van der Waals surface area contributed by atoms with Gasteiger partial charge in [-0.1, -0.05) is 24.8 Å². The molecular formula is C12H13NO2. The van der Waals surface area contributed by atoms with E-state index in [4.69, 9.17) is 4.74 Å². The van der Waals surface area contributed by atoms with Crippen molar-refractivity contribution in [2.45, 2.75) is 0 Å². The van der Waals surface area contributed by atoms with Gasteiger partial charge in [0.25, 0.3) is 0 Å². The van der Waals surface area contributed by atoms with Crippen molar-refractivity contribution in [3.05, 3.63) is 55.4 Å². The first-order valence-corrected chi connectivity index (χ1v) is 4.47. The fourth-order valence-electron chi connectivity index (χ4n) is 1.02. The molecule has 0 amide bonds. The summed E-state index contributed by atoms with van der Waals surface area (Å²) >= 11 is 0. The predicted octanol–water partition coefficient (Wildman–Crippen LogP) is 2.32. The molecule has 0 spiro atoms. The number of ether oxygens (including phenoxy) is 1. The second-order valence-electron chi connectivity index (χ2n) is 2.91. The number of benzene rings is 1. The Morgan fingerprint density at radius 2 is 2.00 bits per heavy atom. The van der Waals surface area contributed by atoms with Gasteiger partial charge < -0.3 is 9.64 Å². The van der Waals surface area contributed by atoms with Crippen LogP contribution in [-0.2, 0) is 9.53 Å². The van der Waals surface area contributed by atoms with E-state index in [2.05, 4.69) is 13.2 Å². The lowest BCUT2D eigenvalue weighted by atomic mass is 10.3. The number of anilines is 1. The van der Waals surface area contributed by atoms with Gasteiger partial charge in [0.2, 0.25) is 0 Å². The average Bonchev–Trinajstić information content (AvgIpc) is 2.29. The van der Waals surface area contributed by atoms with E-state index in [0.29, 0.717) is 0 Å². The Morgan fingerprint density at radius 3 is 2.53 bits per heavy atom. The molecule has 0 radical (unpaired) electrons. The molecule has 3 heteroatoms. The molecule has 78 valence electrons. The van der Waals surface area contributed by atoms with Gasteiger partial charge in [-0.3, -0.25) is 0 Å². The van der Waals surface area contributed by atoms with Crippen LogP contribution >= 0.6 is 0 Å². The Bertz CT molecular complexity index is 370. The summed E-state index contributed by atoms with van der Waals surface area (Å²) in [5, 5.41) is 0. The summed E-state index contributed by atoms with van der Waals surface area (Å²) < 4.78 is 4.89. The van der Waals surface area contributed by atoms with Gasteiger partial charge in [0.15, 0.2) is 5.88 Å². The van der Waals surface area contributed by atoms with Crippen molar-refractivity contribution in [3.8, 4) is 0 Å². The third-order valence-corrected chi connectivity index (χ3v) is 1.90. The van der Waals surface area contributed by atoms with Crippen molar-refractivity contribution < 1.29 is 9.53 Å². The van der Waals surface area contributed by atoms with Crippen molar-refractivity contribution in [2.24, 2.45) is 0 Å². The second kappa shape index (κ2) is 5.00. The minimum Gasteiger partial charge on any atom is -0.407 e. The lowest BCUT2D eigenvalue weighted by Gasteiger charge is -2.19. The molecule has 0 saturated heterocycles. The molecular weight excluding hydrogens is 190 g/mol. The molecule has 0 aromatic heterocycles. The quantitative estimate of drug-likeness (QED) is 0.427. The second-order valence-corrected chi connectivity index (χ2v) is 2.91. The van der Waals surface area contributed by atoms with Gasteiger partial charge in [0.1, 0.15) is 0 Å². The zero-order valence-electron chi connectivity index (χ0n) is 8.64. The van der Waals surface area contributed by atoms with Gasteiger partial charge in [-0.2, -0.15) is 0 Å². The third kappa shape index (κ3) is 2.98. The summed E-state index contributed by atoms with van der Waals surface area (Å²) in [6.07, 6.45) is 1.10. The summed E-state index contributed by atoms with van der Waals surface area (Å²) in [5.74, 6) is -0.242. The van der Waals surface area contributed by atoms with Crippen LogP contribution in [0.25, 0.3) is 0 Å². The van der Waals surface area contributed by atoms with Crippen molar-refractivity contribution in [2.75, 3.05) is 11.9 Å². The topological polar surface area (TPSA) is 29.5 Å². The van der Waals surface area contributed by atoms with Crippen LogP contribution in [0.1, 0.15) is 0 Å². The summed E-state index contributed by atoms with van der Waals surface area (Å²) in [4.78, 5) is 12.6. The molecule has 0 unspecified atom stereocenters. The van der Waals surface area contributed by atoms with Crippen LogP contribution in [0.3, 0.4) is 0 Å². The molecule has 0 saturated carbocycles. The average molecular weight is 203 g/mol. The maximum absolute atomic E-state index is 10.9. The normalized spacial score (nSPS) is 9.13. The number of hydrogen-bond donors (Lipinski definition) is 0. The SMILES string of the molecule is C=CC(=O)OC(=C)N(C)c1ccccc1. The Morgan fingerprint density at radius 1 is 1.40 bits per heavy atom. The molecule has 0 heterocycles. The number of hydrogen-bond acceptors (Lipinski definition) is 3. The van der Waals surface area contributed by atoms with E-state index in [1.54, 1.807) is 11.9 Å². The van der Waals surface area contributed by atoms with Gasteiger partial charge in [0, 0.05) is 18.8 Å². The zero-order valence-corrected chi connectivity index (χ0v) is 8.64. The van der Waals surface area contributed by atoms with Crippen LogP contribution in [-0.4, -0.2) is 13.0 Å². The fraction of sp³-hybridized carbons (Fsp3) is 0.0833. The molecule has 0 aliphatic rings. The molecule has 3 nitrogen and oxygen atoms in total. The number of para-hydroxylation sites is 1. The monoisotopic (exact) mass is 203 g/mol. The molecule has 0 N–H and O–H groups in total. The van der Waals surface area contributed by atoms with Crippen molar-refractivity contribution in [3.63, 3.8) is 0 Å². The molecule has 0 fully saturated rings. The van der Waals surface area contributed by atoms with Crippen LogP contribution in [0.5, 0.6) is 0 Å². The first-order chi connectivity index (χ1) is 7.15. The minimum absolute atomic E-state index is 0.270. The first kappa shape index (κ1) is 11.0. The molecule has 1 rings (SSSR count). The highest BCUT2D eigenvalue weighted by Crippen LogP contribution is 2.15. The summed E-state index contributed by atoms with van der Waals surface area (Å²) in [7, 11) is 1.77. The van der Waals surface area contributed by atoms with Gasteiger partial charge >= 0.3 is 5.97 Å². The Kier molecular flexibility index (Phi) is 3.68. The van der Waals surface area contributed by atoms with Crippen LogP contribution in [0.15, 0.2) is 55.4 Å². The predicted molar refractivity (Wildman–Crippen MR) is 60.3 cm³/mol. The third-order valence-electron chi connectivity index (χ3n) is 1.90. The van der Waals surface area contributed by atoms with E-state index in [1.807, 2.05) is 30.3 Å². The van der Waals surface area contributed by atoms with E-state index in [-0.39, 0.29) is 5.88 Å². The lowest BCUT2D eigenvalue weighted by Crippen LogP contribution is -2.19.